The Bertz CT molecular complexity index is 94.7. The zero-order valence-corrected chi connectivity index (χ0v) is 10.4. The third kappa shape index (κ3) is 13.9. The zero-order valence-electron chi connectivity index (χ0n) is 10.4. The number of aliphatic hydroxyl groups is 1. The van der Waals surface area contributed by atoms with E-state index in [-0.39, 0.29) is 0 Å². The van der Waals surface area contributed by atoms with Crippen LogP contribution >= 0.6 is 0 Å². The average molecular weight is 215 g/mol. The molecule has 2 N–H and O–H groups in total. The molecule has 0 bridgehead atoms. The van der Waals surface area contributed by atoms with Gasteiger partial charge in [-0.1, -0.05) is 45.4 Å². The number of unbranched alkanes of at least 4 members (excludes halogenated alkanes) is 7. The molecule has 0 aliphatic heterocycles. The molecular formula is C13H29NO. The fourth-order valence-electron chi connectivity index (χ4n) is 1.69. The van der Waals surface area contributed by atoms with Gasteiger partial charge in [-0.25, -0.2) is 0 Å². The minimum Gasteiger partial charge on any atom is -0.396 e. The van der Waals surface area contributed by atoms with Crippen LogP contribution in [-0.2, 0) is 0 Å². The van der Waals surface area contributed by atoms with E-state index in [4.69, 9.17) is 5.11 Å². The molecule has 0 fully saturated rings. The van der Waals surface area contributed by atoms with E-state index in [9.17, 15) is 0 Å². The molecule has 0 aromatic heterocycles. The summed E-state index contributed by atoms with van der Waals surface area (Å²) in [6.07, 6.45) is 11.4. The lowest BCUT2D eigenvalue weighted by Crippen LogP contribution is -2.16. The molecule has 0 spiro atoms. The van der Waals surface area contributed by atoms with E-state index < -0.39 is 0 Å². The summed E-state index contributed by atoms with van der Waals surface area (Å²) in [5.41, 5.74) is 0. The quantitative estimate of drug-likeness (QED) is 0.490. The first kappa shape index (κ1) is 14.9. The number of hydrogen-bond acceptors (Lipinski definition) is 2. The van der Waals surface area contributed by atoms with E-state index in [0.29, 0.717) is 6.61 Å². The van der Waals surface area contributed by atoms with E-state index in [0.717, 1.165) is 6.42 Å². The summed E-state index contributed by atoms with van der Waals surface area (Å²) in [5, 5.41) is 12.1. The van der Waals surface area contributed by atoms with Gasteiger partial charge in [0.25, 0.3) is 0 Å². The van der Waals surface area contributed by atoms with Crippen LogP contribution in [0, 0.1) is 0 Å². The second-order valence-corrected chi connectivity index (χ2v) is 4.30. The maximum Gasteiger partial charge on any atom is 0.0431 e. The first-order valence-electron chi connectivity index (χ1n) is 6.73. The van der Waals surface area contributed by atoms with Gasteiger partial charge in [-0.05, 0) is 32.4 Å². The Morgan fingerprint density at radius 2 is 1.27 bits per heavy atom. The van der Waals surface area contributed by atoms with Crippen LogP contribution in [0.1, 0.15) is 64.7 Å². The summed E-state index contributed by atoms with van der Waals surface area (Å²) in [6, 6.07) is 0. The molecule has 15 heavy (non-hydrogen) atoms. The summed E-state index contributed by atoms with van der Waals surface area (Å²) in [7, 11) is 0. The third-order valence-corrected chi connectivity index (χ3v) is 2.72. The Morgan fingerprint density at radius 1 is 0.733 bits per heavy atom. The molecule has 0 heterocycles. The summed E-state index contributed by atoms with van der Waals surface area (Å²) in [4.78, 5) is 0. The third-order valence-electron chi connectivity index (χ3n) is 2.72. The Hall–Kier alpha value is -0.0800. The van der Waals surface area contributed by atoms with Gasteiger partial charge in [0.2, 0.25) is 0 Å². The second-order valence-electron chi connectivity index (χ2n) is 4.30. The van der Waals surface area contributed by atoms with Crippen molar-refractivity contribution in [3.05, 3.63) is 0 Å². The van der Waals surface area contributed by atoms with Crippen LogP contribution in [0.2, 0.25) is 0 Å². The number of hydrogen-bond donors (Lipinski definition) is 2. The highest BCUT2D eigenvalue weighted by molar-refractivity contribution is 4.50. The lowest BCUT2D eigenvalue weighted by atomic mass is 10.1. The van der Waals surface area contributed by atoms with Crippen molar-refractivity contribution in [3.8, 4) is 0 Å². The fourth-order valence-corrected chi connectivity index (χ4v) is 1.69. The first-order chi connectivity index (χ1) is 7.41. The molecular weight excluding hydrogens is 186 g/mol. The van der Waals surface area contributed by atoms with Crippen LogP contribution in [0.3, 0.4) is 0 Å². The highest BCUT2D eigenvalue weighted by Crippen LogP contribution is 2.04. The van der Waals surface area contributed by atoms with Crippen LogP contribution < -0.4 is 5.32 Å². The molecule has 0 atom stereocenters. The van der Waals surface area contributed by atoms with Gasteiger partial charge in [0, 0.05) is 6.61 Å². The monoisotopic (exact) mass is 215 g/mol. The summed E-state index contributed by atoms with van der Waals surface area (Å²) < 4.78 is 0. The van der Waals surface area contributed by atoms with Crippen molar-refractivity contribution < 1.29 is 5.11 Å². The van der Waals surface area contributed by atoms with Crippen LogP contribution in [-0.4, -0.2) is 24.8 Å². The van der Waals surface area contributed by atoms with Crippen LogP contribution in [0.15, 0.2) is 0 Å². The highest BCUT2D eigenvalue weighted by atomic mass is 16.2. The van der Waals surface area contributed by atoms with Crippen LogP contribution in [0.5, 0.6) is 0 Å². The summed E-state index contributed by atoms with van der Waals surface area (Å²) in [5.74, 6) is 0. The predicted molar refractivity (Wildman–Crippen MR) is 67.2 cm³/mol. The molecule has 0 amide bonds. The van der Waals surface area contributed by atoms with Gasteiger partial charge in [0.1, 0.15) is 0 Å². The average Bonchev–Trinajstić information content (AvgIpc) is 2.26. The van der Waals surface area contributed by atoms with Crippen LogP contribution in [0.25, 0.3) is 0 Å². The van der Waals surface area contributed by atoms with Crippen molar-refractivity contribution in [2.24, 2.45) is 0 Å². The standard InChI is InChI=1S/C13H29NO/c1-2-3-8-11-14-12-9-6-4-5-7-10-13-15/h14-15H,2-13H2,1H3. The molecule has 0 rings (SSSR count). The minimum atomic E-state index is 0.360. The minimum absolute atomic E-state index is 0.360. The smallest absolute Gasteiger partial charge is 0.0431 e. The molecule has 0 aliphatic carbocycles. The zero-order chi connectivity index (χ0) is 11.2. The van der Waals surface area contributed by atoms with Crippen molar-refractivity contribution in [2.75, 3.05) is 19.7 Å². The van der Waals surface area contributed by atoms with E-state index in [1.807, 2.05) is 0 Å². The molecule has 0 radical (unpaired) electrons. The van der Waals surface area contributed by atoms with E-state index in [2.05, 4.69) is 12.2 Å². The molecule has 0 aromatic rings. The molecule has 0 unspecified atom stereocenters. The maximum atomic E-state index is 8.60. The molecule has 0 aliphatic rings. The van der Waals surface area contributed by atoms with Crippen molar-refractivity contribution in [2.45, 2.75) is 64.7 Å². The van der Waals surface area contributed by atoms with Gasteiger partial charge in [0.05, 0.1) is 0 Å². The largest absolute Gasteiger partial charge is 0.396 e. The van der Waals surface area contributed by atoms with Gasteiger partial charge in [-0.3, -0.25) is 0 Å². The molecule has 0 saturated carbocycles. The van der Waals surface area contributed by atoms with Gasteiger partial charge in [-0.15, -0.1) is 0 Å². The van der Waals surface area contributed by atoms with E-state index in [1.54, 1.807) is 0 Å². The first-order valence-corrected chi connectivity index (χ1v) is 6.73. The van der Waals surface area contributed by atoms with E-state index >= 15 is 0 Å². The fraction of sp³-hybridized carbons (Fsp3) is 1.00. The Labute approximate surface area is 95.5 Å². The Kier molecular flexibility index (Phi) is 13.8. The topological polar surface area (TPSA) is 32.3 Å². The second kappa shape index (κ2) is 13.9. The number of nitrogens with one attached hydrogen (secondary N) is 1. The van der Waals surface area contributed by atoms with Crippen molar-refractivity contribution in [1.82, 2.24) is 5.32 Å². The van der Waals surface area contributed by atoms with Crippen LogP contribution in [0.4, 0.5) is 0 Å². The maximum absolute atomic E-state index is 8.60. The molecule has 2 heteroatoms. The van der Waals surface area contributed by atoms with Gasteiger partial charge in [0.15, 0.2) is 0 Å². The predicted octanol–water partition coefficient (Wildman–Crippen LogP) is 3.10. The number of aliphatic hydroxyl groups excluding tert-OH is 1. The molecule has 2 nitrogen and oxygen atoms in total. The van der Waals surface area contributed by atoms with Crippen molar-refractivity contribution in [1.29, 1.82) is 0 Å². The SMILES string of the molecule is CCCCCNCCCCCCCCO. The Morgan fingerprint density at radius 3 is 1.87 bits per heavy atom. The highest BCUT2D eigenvalue weighted by Gasteiger charge is 1.91. The van der Waals surface area contributed by atoms with Crippen molar-refractivity contribution in [3.63, 3.8) is 0 Å². The normalized spacial score (nSPS) is 10.8. The Balaban J connectivity index is 2.81. The lowest BCUT2D eigenvalue weighted by molar-refractivity contribution is 0.282. The number of rotatable bonds is 12. The van der Waals surface area contributed by atoms with E-state index in [1.165, 1.54) is 64.5 Å². The summed E-state index contributed by atoms with van der Waals surface area (Å²) >= 11 is 0. The lowest BCUT2D eigenvalue weighted by Gasteiger charge is -2.04. The molecule has 0 saturated heterocycles. The van der Waals surface area contributed by atoms with Gasteiger partial charge in [-0.2, -0.15) is 0 Å². The molecule has 0 aromatic carbocycles. The van der Waals surface area contributed by atoms with Crippen molar-refractivity contribution >= 4 is 0 Å². The molecule has 92 valence electrons. The summed E-state index contributed by atoms with van der Waals surface area (Å²) in [6.45, 7) is 4.98. The van der Waals surface area contributed by atoms with Gasteiger partial charge >= 0.3 is 0 Å². The van der Waals surface area contributed by atoms with Gasteiger partial charge < -0.3 is 10.4 Å².